The van der Waals surface area contributed by atoms with Gasteiger partial charge in [0, 0.05) is 5.75 Å². The number of hydrogen-bond donors (Lipinski definition) is 3. The van der Waals surface area contributed by atoms with Gasteiger partial charge < -0.3 is 10.4 Å². The zero-order chi connectivity index (χ0) is 10.8. The third-order valence-electron chi connectivity index (χ3n) is 2.15. The van der Waals surface area contributed by atoms with E-state index in [2.05, 4.69) is 24.9 Å². The molecule has 0 bridgehead atoms. The molecular weight excluding hydrogens is 198 g/mol. The lowest BCUT2D eigenvalue weighted by Crippen LogP contribution is -2.38. The minimum Gasteiger partial charge on any atom is -0.480 e. The smallest absolute Gasteiger partial charge is 0.321 e. The first-order chi connectivity index (χ1) is 6.72. The number of aliphatic carboxylic acids is 1. The third-order valence-corrected chi connectivity index (χ3v) is 2.52. The van der Waals surface area contributed by atoms with E-state index in [9.17, 15) is 4.79 Å². The fourth-order valence-corrected chi connectivity index (χ4v) is 1.52. The van der Waals surface area contributed by atoms with Gasteiger partial charge in [-0.05, 0) is 13.0 Å². The summed E-state index contributed by atoms with van der Waals surface area (Å²) in [6.45, 7) is 2.96. The molecule has 3 nitrogen and oxygen atoms in total. The molecule has 14 heavy (non-hydrogen) atoms. The predicted molar refractivity (Wildman–Crippen MR) is 62.0 cm³/mol. The monoisotopic (exact) mass is 219 g/mol. The number of rotatable bonds is 9. The summed E-state index contributed by atoms with van der Waals surface area (Å²) in [5.41, 5.74) is 0. The highest BCUT2D eigenvalue weighted by atomic mass is 32.1. The first-order valence-corrected chi connectivity index (χ1v) is 5.92. The van der Waals surface area contributed by atoms with Gasteiger partial charge in [0.2, 0.25) is 0 Å². The van der Waals surface area contributed by atoms with Gasteiger partial charge in [-0.2, -0.15) is 12.6 Å². The number of nitrogens with one attached hydrogen (secondary N) is 1. The standard InChI is InChI=1S/C10H21NO2S/c1-2-3-4-5-6-7-11-9(8-14)10(12)13/h9,11,14H,2-8H2,1H3,(H,12,13)/t9-/m0/s1. The van der Waals surface area contributed by atoms with E-state index in [1.54, 1.807) is 0 Å². The average molecular weight is 219 g/mol. The second-order valence-electron chi connectivity index (χ2n) is 3.44. The molecule has 0 aromatic heterocycles. The zero-order valence-corrected chi connectivity index (χ0v) is 9.72. The molecule has 0 aromatic carbocycles. The van der Waals surface area contributed by atoms with Crippen molar-refractivity contribution in [2.45, 2.75) is 45.1 Å². The fourth-order valence-electron chi connectivity index (χ4n) is 1.23. The Balaban J connectivity index is 3.29. The van der Waals surface area contributed by atoms with E-state index in [0.29, 0.717) is 5.75 Å². The summed E-state index contributed by atoms with van der Waals surface area (Å²) < 4.78 is 0. The Morgan fingerprint density at radius 1 is 1.36 bits per heavy atom. The molecule has 4 heteroatoms. The van der Waals surface area contributed by atoms with Crippen LogP contribution in [0.15, 0.2) is 0 Å². The topological polar surface area (TPSA) is 49.3 Å². The maximum absolute atomic E-state index is 10.6. The summed E-state index contributed by atoms with van der Waals surface area (Å²) in [4.78, 5) is 10.6. The van der Waals surface area contributed by atoms with Crippen LogP contribution in [0, 0.1) is 0 Å². The van der Waals surface area contributed by atoms with Gasteiger partial charge >= 0.3 is 5.97 Å². The van der Waals surface area contributed by atoms with E-state index in [-0.39, 0.29) is 0 Å². The maximum Gasteiger partial charge on any atom is 0.321 e. The van der Waals surface area contributed by atoms with Gasteiger partial charge in [0.15, 0.2) is 0 Å². The van der Waals surface area contributed by atoms with Crippen LogP contribution in [0.5, 0.6) is 0 Å². The highest BCUT2D eigenvalue weighted by Crippen LogP contribution is 2.01. The molecule has 0 unspecified atom stereocenters. The molecule has 0 aliphatic heterocycles. The van der Waals surface area contributed by atoms with Crippen molar-refractivity contribution in [1.82, 2.24) is 5.32 Å². The predicted octanol–water partition coefficient (Wildman–Crippen LogP) is 1.93. The molecule has 0 fully saturated rings. The Morgan fingerprint density at radius 3 is 2.50 bits per heavy atom. The van der Waals surface area contributed by atoms with Crippen molar-refractivity contribution < 1.29 is 9.90 Å². The van der Waals surface area contributed by atoms with Gasteiger partial charge in [-0.15, -0.1) is 0 Å². The Morgan fingerprint density at radius 2 is 2.00 bits per heavy atom. The van der Waals surface area contributed by atoms with E-state index >= 15 is 0 Å². The summed E-state index contributed by atoms with van der Waals surface area (Å²) in [5, 5.41) is 11.7. The Hall–Kier alpha value is -0.220. The fraction of sp³-hybridized carbons (Fsp3) is 0.900. The number of carboxylic acid groups (broad SMARTS) is 1. The molecular formula is C10H21NO2S. The number of carbonyl (C=O) groups is 1. The summed E-state index contributed by atoms with van der Waals surface area (Å²) >= 11 is 3.97. The highest BCUT2D eigenvalue weighted by molar-refractivity contribution is 7.80. The molecule has 0 saturated carbocycles. The van der Waals surface area contributed by atoms with Gasteiger partial charge in [0.05, 0.1) is 0 Å². The molecule has 0 spiro atoms. The molecule has 0 amide bonds. The molecule has 0 saturated heterocycles. The van der Waals surface area contributed by atoms with Crippen LogP contribution in [0.4, 0.5) is 0 Å². The average Bonchev–Trinajstić information content (AvgIpc) is 2.16. The largest absolute Gasteiger partial charge is 0.480 e. The normalized spacial score (nSPS) is 12.7. The molecule has 1 atom stereocenters. The number of carboxylic acids is 1. The van der Waals surface area contributed by atoms with Crippen LogP contribution in [0.1, 0.15) is 39.0 Å². The molecule has 0 aromatic rings. The van der Waals surface area contributed by atoms with Crippen molar-refractivity contribution in [1.29, 1.82) is 0 Å². The summed E-state index contributed by atoms with van der Waals surface area (Å²) in [7, 11) is 0. The van der Waals surface area contributed by atoms with Crippen LogP contribution in [0.25, 0.3) is 0 Å². The van der Waals surface area contributed by atoms with Crippen molar-refractivity contribution in [3.05, 3.63) is 0 Å². The highest BCUT2D eigenvalue weighted by Gasteiger charge is 2.13. The third kappa shape index (κ3) is 7.21. The van der Waals surface area contributed by atoms with Crippen LogP contribution in [0.3, 0.4) is 0 Å². The Kier molecular flexibility index (Phi) is 9.19. The van der Waals surface area contributed by atoms with E-state index in [4.69, 9.17) is 5.11 Å². The summed E-state index contributed by atoms with van der Waals surface area (Å²) in [5.74, 6) is -0.460. The van der Waals surface area contributed by atoms with Crippen LogP contribution >= 0.6 is 12.6 Å². The van der Waals surface area contributed by atoms with Gasteiger partial charge in [-0.3, -0.25) is 4.79 Å². The molecule has 84 valence electrons. The number of thiol groups is 1. The number of hydrogen-bond acceptors (Lipinski definition) is 3. The molecule has 0 rings (SSSR count). The maximum atomic E-state index is 10.6. The molecule has 2 N–H and O–H groups in total. The second-order valence-corrected chi connectivity index (χ2v) is 3.81. The van der Waals surface area contributed by atoms with Crippen LogP contribution in [0.2, 0.25) is 0 Å². The van der Waals surface area contributed by atoms with Gasteiger partial charge in [0.25, 0.3) is 0 Å². The lowest BCUT2D eigenvalue weighted by Gasteiger charge is -2.11. The van der Waals surface area contributed by atoms with Crippen LogP contribution in [-0.2, 0) is 4.79 Å². The molecule has 0 aliphatic rings. The van der Waals surface area contributed by atoms with Crippen molar-refractivity contribution in [3.63, 3.8) is 0 Å². The minimum absolute atomic E-state index is 0.351. The van der Waals surface area contributed by atoms with Gasteiger partial charge in [-0.25, -0.2) is 0 Å². The lowest BCUT2D eigenvalue weighted by atomic mass is 10.1. The quantitative estimate of drug-likeness (QED) is 0.410. The van der Waals surface area contributed by atoms with E-state index in [1.807, 2.05) is 0 Å². The molecule has 0 aliphatic carbocycles. The SMILES string of the molecule is CCCCCCCN[C@@H](CS)C(=O)O. The van der Waals surface area contributed by atoms with Crippen LogP contribution < -0.4 is 5.32 Å². The van der Waals surface area contributed by atoms with E-state index < -0.39 is 12.0 Å². The minimum atomic E-state index is -0.812. The first kappa shape index (κ1) is 13.8. The van der Waals surface area contributed by atoms with Crippen molar-refractivity contribution in [2.24, 2.45) is 0 Å². The molecule has 0 heterocycles. The second kappa shape index (κ2) is 9.34. The van der Waals surface area contributed by atoms with Crippen LogP contribution in [-0.4, -0.2) is 29.4 Å². The summed E-state index contributed by atoms with van der Waals surface area (Å²) in [6.07, 6.45) is 5.99. The van der Waals surface area contributed by atoms with Gasteiger partial charge in [0.1, 0.15) is 6.04 Å². The lowest BCUT2D eigenvalue weighted by molar-refractivity contribution is -0.138. The van der Waals surface area contributed by atoms with Crippen molar-refractivity contribution in [3.8, 4) is 0 Å². The first-order valence-electron chi connectivity index (χ1n) is 5.29. The Labute approximate surface area is 91.7 Å². The zero-order valence-electron chi connectivity index (χ0n) is 8.83. The van der Waals surface area contributed by atoms with E-state index in [1.165, 1.54) is 25.7 Å². The molecule has 0 radical (unpaired) electrons. The number of unbranched alkanes of at least 4 members (excludes halogenated alkanes) is 4. The van der Waals surface area contributed by atoms with E-state index in [0.717, 1.165) is 13.0 Å². The summed E-state index contributed by atoms with van der Waals surface area (Å²) in [6, 6.07) is -0.496. The van der Waals surface area contributed by atoms with Gasteiger partial charge in [-0.1, -0.05) is 32.6 Å². The van der Waals surface area contributed by atoms with Crippen molar-refractivity contribution in [2.75, 3.05) is 12.3 Å². The van der Waals surface area contributed by atoms with Crippen molar-refractivity contribution >= 4 is 18.6 Å². The Bertz CT molecular complexity index is 153.